The normalized spacial score (nSPS) is 22.5. The smallest absolute Gasteiger partial charge is 0.225 e. The van der Waals surface area contributed by atoms with Gasteiger partial charge in [-0.1, -0.05) is 31.2 Å². The molecule has 1 aromatic rings. The van der Waals surface area contributed by atoms with E-state index < -0.39 is 0 Å². The highest BCUT2D eigenvalue weighted by Gasteiger charge is 2.38. The van der Waals surface area contributed by atoms with Gasteiger partial charge in [-0.3, -0.25) is 14.4 Å². The van der Waals surface area contributed by atoms with Crippen LogP contribution in [-0.2, 0) is 4.79 Å². The average Bonchev–Trinajstić information content (AvgIpc) is 2.35. The number of hydrogen-bond donors (Lipinski definition) is 1. The van der Waals surface area contributed by atoms with Crippen LogP contribution < -0.4 is 5.32 Å². The molecule has 1 aliphatic heterocycles. The number of rotatable bonds is 0. The second-order valence-corrected chi connectivity index (χ2v) is 4.65. The molecule has 1 aliphatic carbocycles. The minimum absolute atomic E-state index is 0.146. The maximum atomic E-state index is 12.4. The summed E-state index contributed by atoms with van der Waals surface area (Å²) in [5.41, 5.74) is 1.42. The molecular formula is C14H11NO3. The number of nitrogens with one attached hydrogen (secondary N) is 1. The molecule has 1 heterocycles. The minimum atomic E-state index is -0.264. The third-order valence-corrected chi connectivity index (χ3v) is 3.41. The predicted octanol–water partition coefficient (Wildman–Crippen LogP) is 1.48. The summed E-state index contributed by atoms with van der Waals surface area (Å²) in [7, 11) is 0. The predicted molar refractivity (Wildman–Crippen MR) is 64.1 cm³/mol. The first kappa shape index (κ1) is 10.9. The summed E-state index contributed by atoms with van der Waals surface area (Å²) in [6, 6.07) is 6.72. The Balaban J connectivity index is 2.23. The summed E-state index contributed by atoms with van der Waals surface area (Å²) in [4.78, 5) is 36.1. The second-order valence-electron chi connectivity index (χ2n) is 4.65. The zero-order valence-electron chi connectivity index (χ0n) is 9.82. The van der Waals surface area contributed by atoms with Gasteiger partial charge in [-0.15, -0.1) is 0 Å². The third-order valence-electron chi connectivity index (χ3n) is 3.41. The van der Waals surface area contributed by atoms with E-state index in [1.165, 1.54) is 0 Å². The molecule has 90 valence electrons. The van der Waals surface area contributed by atoms with Crippen LogP contribution in [0.15, 0.2) is 35.5 Å². The van der Waals surface area contributed by atoms with E-state index in [1.807, 2.05) is 0 Å². The highest BCUT2D eigenvalue weighted by molar-refractivity contribution is 6.28. The lowest BCUT2D eigenvalue weighted by Gasteiger charge is -2.28. The lowest BCUT2D eigenvalue weighted by atomic mass is 9.79. The number of amides is 1. The molecule has 0 radical (unpaired) electrons. The molecule has 1 aromatic carbocycles. The largest absolute Gasteiger partial charge is 0.322 e. The van der Waals surface area contributed by atoms with Gasteiger partial charge in [0.2, 0.25) is 11.7 Å². The molecule has 2 aliphatic rings. The number of ketones is 2. The van der Waals surface area contributed by atoms with Gasteiger partial charge >= 0.3 is 0 Å². The number of carbonyl (C=O) groups is 3. The van der Waals surface area contributed by atoms with E-state index in [0.717, 1.165) is 0 Å². The van der Waals surface area contributed by atoms with Crippen LogP contribution in [0.25, 0.3) is 0 Å². The summed E-state index contributed by atoms with van der Waals surface area (Å²) < 4.78 is 0. The monoisotopic (exact) mass is 241 g/mol. The van der Waals surface area contributed by atoms with E-state index in [1.54, 1.807) is 31.2 Å². The van der Waals surface area contributed by atoms with E-state index in [4.69, 9.17) is 0 Å². The van der Waals surface area contributed by atoms with E-state index >= 15 is 0 Å². The van der Waals surface area contributed by atoms with Crippen LogP contribution in [0.4, 0.5) is 0 Å². The van der Waals surface area contributed by atoms with Crippen molar-refractivity contribution in [1.82, 2.24) is 5.32 Å². The van der Waals surface area contributed by atoms with Crippen LogP contribution in [-0.4, -0.2) is 17.5 Å². The van der Waals surface area contributed by atoms with E-state index in [0.29, 0.717) is 16.7 Å². The summed E-state index contributed by atoms with van der Waals surface area (Å²) >= 11 is 0. The van der Waals surface area contributed by atoms with Crippen molar-refractivity contribution in [2.24, 2.45) is 5.92 Å². The Morgan fingerprint density at radius 2 is 1.67 bits per heavy atom. The van der Waals surface area contributed by atoms with Crippen molar-refractivity contribution in [3.63, 3.8) is 0 Å². The zero-order chi connectivity index (χ0) is 12.9. The molecule has 0 saturated carbocycles. The number of carbonyl (C=O) groups excluding carboxylic acids is 3. The summed E-state index contributed by atoms with van der Waals surface area (Å²) in [5.74, 6) is -0.826. The Labute approximate surface area is 104 Å². The van der Waals surface area contributed by atoms with Crippen molar-refractivity contribution < 1.29 is 14.4 Å². The first-order chi connectivity index (χ1) is 8.59. The van der Waals surface area contributed by atoms with Crippen molar-refractivity contribution in [1.29, 1.82) is 0 Å². The number of Topliss-reactive ketones (excluding diaryl/α,β-unsaturated/α-hetero) is 2. The Morgan fingerprint density at radius 1 is 1.06 bits per heavy atom. The fourth-order valence-corrected chi connectivity index (χ4v) is 2.56. The SMILES string of the molecule is CC1CC(=O)NC2=C1C(=O)c1ccccc1C2=O. The Bertz CT molecular complexity index is 628. The number of allylic oxidation sites excluding steroid dienone is 2. The second kappa shape index (κ2) is 3.63. The molecule has 4 heteroatoms. The fraction of sp³-hybridized carbons (Fsp3) is 0.214. The van der Waals surface area contributed by atoms with Gasteiger partial charge in [0.05, 0.1) is 5.70 Å². The van der Waals surface area contributed by atoms with Gasteiger partial charge in [0.15, 0.2) is 5.78 Å². The zero-order valence-corrected chi connectivity index (χ0v) is 9.82. The van der Waals surface area contributed by atoms with Gasteiger partial charge in [0.1, 0.15) is 0 Å². The van der Waals surface area contributed by atoms with Gasteiger partial charge in [-0.05, 0) is 5.92 Å². The fourth-order valence-electron chi connectivity index (χ4n) is 2.56. The van der Waals surface area contributed by atoms with Crippen LogP contribution in [0.1, 0.15) is 34.1 Å². The van der Waals surface area contributed by atoms with Crippen molar-refractivity contribution >= 4 is 17.5 Å². The standard InChI is InChI=1S/C14H11NO3/c1-7-6-10(16)15-12-11(7)13(17)8-4-2-3-5-9(8)14(12)18/h2-5,7H,6H2,1H3,(H,15,16). The molecule has 1 atom stereocenters. The first-order valence-corrected chi connectivity index (χ1v) is 5.82. The highest BCUT2D eigenvalue weighted by Crippen LogP contribution is 2.32. The van der Waals surface area contributed by atoms with Gasteiger partial charge in [0, 0.05) is 23.1 Å². The highest BCUT2D eigenvalue weighted by atomic mass is 16.2. The van der Waals surface area contributed by atoms with Gasteiger partial charge in [-0.25, -0.2) is 0 Å². The molecule has 0 saturated heterocycles. The van der Waals surface area contributed by atoms with Crippen molar-refractivity contribution in [3.05, 3.63) is 46.7 Å². The average molecular weight is 241 g/mol. The van der Waals surface area contributed by atoms with Gasteiger partial charge in [-0.2, -0.15) is 0 Å². The number of hydrogen-bond acceptors (Lipinski definition) is 3. The van der Waals surface area contributed by atoms with Crippen LogP contribution >= 0.6 is 0 Å². The van der Waals surface area contributed by atoms with E-state index in [2.05, 4.69) is 5.32 Å². The topological polar surface area (TPSA) is 63.2 Å². The Hall–Kier alpha value is -2.23. The molecule has 0 bridgehead atoms. The van der Waals surface area contributed by atoms with Crippen LogP contribution in [0.5, 0.6) is 0 Å². The van der Waals surface area contributed by atoms with Crippen molar-refractivity contribution in [2.45, 2.75) is 13.3 Å². The maximum absolute atomic E-state index is 12.4. The quantitative estimate of drug-likeness (QED) is 0.748. The van der Waals surface area contributed by atoms with Crippen LogP contribution in [0, 0.1) is 5.92 Å². The molecule has 0 spiro atoms. The summed E-state index contributed by atoms with van der Waals surface area (Å²) in [6.07, 6.45) is 0.250. The lowest BCUT2D eigenvalue weighted by Crippen LogP contribution is -2.40. The number of benzene rings is 1. The van der Waals surface area contributed by atoms with Crippen molar-refractivity contribution in [2.75, 3.05) is 0 Å². The minimum Gasteiger partial charge on any atom is -0.322 e. The summed E-state index contributed by atoms with van der Waals surface area (Å²) in [6.45, 7) is 1.80. The third kappa shape index (κ3) is 1.35. The number of fused-ring (bicyclic) bond motifs is 1. The molecule has 1 N–H and O–H groups in total. The molecule has 1 unspecified atom stereocenters. The molecule has 18 heavy (non-hydrogen) atoms. The van der Waals surface area contributed by atoms with E-state index in [-0.39, 0.29) is 35.5 Å². The van der Waals surface area contributed by atoms with E-state index in [9.17, 15) is 14.4 Å². The molecule has 1 amide bonds. The van der Waals surface area contributed by atoms with Crippen LogP contribution in [0.2, 0.25) is 0 Å². The first-order valence-electron chi connectivity index (χ1n) is 5.82. The molecule has 0 aromatic heterocycles. The summed E-state index contributed by atoms with van der Waals surface area (Å²) in [5, 5.41) is 2.54. The Kier molecular flexibility index (Phi) is 2.20. The molecular weight excluding hydrogens is 230 g/mol. The van der Waals surface area contributed by atoms with Gasteiger partial charge in [0.25, 0.3) is 0 Å². The molecule has 4 nitrogen and oxygen atoms in total. The molecule has 0 fully saturated rings. The molecule has 3 rings (SSSR count). The lowest BCUT2D eigenvalue weighted by molar-refractivity contribution is -0.121. The maximum Gasteiger partial charge on any atom is 0.225 e. The van der Waals surface area contributed by atoms with Crippen molar-refractivity contribution in [3.8, 4) is 0 Å². The van der Waals surface area contributed by atoms with Crippen LogP contribution in [0.3, 0.4) is 0 Å². The van der Waals surface area contributed by atoms with Gasteiger partial charge < -0.3 is 5.32 Å². The Morgan fingerprint density at radius 3 is 2.33 bits per heavy atom.